The molecule has 0 unspecified atom stereocenters. The number of aromatic nitrogens is 2. The molecule has 4 nitrogen and oxygen atoms in total. The molecule has 0 aliphatic heterocycles. The summed E-state index contributed by atoms with van der Waals surface area (Å²) in [5.74, 6) is 0. The summed E-state index contributed by atoms with van der Waals surface area (Å²) in [7, 11) is 0. The molecule has 1 aromatic heterocycles. The Bertz CT molecular complexity index is 646. The van der Waals surface area contributed by atoms with Crippen molar-refractivity contribution >= 4 is 34.9 Å². The van der Waals surface area contributed by atoms with E-state index in [4.69, 9.17) is 0 Å². The van der Waals surface area contributed by atoms with Gasteiger partial charge in [-0.2, -0.15) is 5.26 Å². The number of rotatable bonds is 6. The third-order valence-corrected chi connectivity index (χ3v) is 5.66. The van der Waals surface area contributed by atoms with E-state index >= 15 is 0 Å². The largest absolute Gasteiger partial charge is 0.310 e. The van der Waals surface area contributed by atoms with Crippen LogP contribution in [0.4, 0.5) is 0 Å². The third kappa shape index (κ3) is 4.71. The maximum Gasteiger partial charge on any atom is 0.179 e. The van der Waals surface area contributed by atoms with Crippen molar-refractivity contribution in [1.82, 2.24) is 15.5 Å². The zero-order valence-corrected chi connectivity index (χ0v) is 14.5. The normalized spacial score (nSPS) is 10.8. The highest BCUT2D eigenvalue weighted by Gasteiger charge is 2.10. The molecule has 0 bridgehead atoms. The van der Waals surface area contributed by atoms with Crippen molar-refractivity contribution in [2.75, 3.05) is 6.26 Å². The molecule has 0 saturated carbocycles. The molecule has 1 N–H and O–H groups in total. The van der Waals surface area contributed by atoms with Crippen LogP contribution in [0.15, 0.2) is 31.8 Å². The number of nitrogens with zero attached hydrogens (tertiary/aromatic N) is 3. The number of thioether (sulfide) groups is 1. The Morgan fingerprint density at radius 3 is 2.71 bits per heavy atom. The van der Waals surface area contributed by atoms with E-state index in [1.54, 1.807) is 23.1 Å². The SMILES string of the molecule is CSc1nnc(Sc2ccc(CNC(C)C)cc2C#N)s1. The predicted molar refractivity (Wildman–Crippen MR) is 88.9 cm³/mol. The molecule has 1 heterocycles. The van der Waals surface area contributed by atoms with Crippen molar-refractivity contribution in [2.24, 2.45) is 0 Å². The smallest absolute Gasteiger partial charge is 0.179 e. The molecule has 110 valence electrons. The minimum absolute atomic E-state index is 0.427. The molecular formula is C14H16N4S3. The van der Waals surface area contributed by atoms with Gasteiger partial charge in [-0.25, -0.2) is 0 Å². The van der Waals surface area contributed by atoms with E-state index < -0.39 is 0 Å². The van der Waals surface area contributed by atoms with Gasteiger partial charge < -0.3 is 5.32 Å². The molecule has 1 aromatic carbocycles. The van der Waals surface area contributed by atoms with Gasteiger partial charge in [0.1, 0.15) is 6.07 Å². The molecule has 0 fully saturated rings. The molecule has 0 aliphatic carbocycles. The summed E-state index contributed by atoms with van der Waals surface area (Å²) in [5.41, 5.74) is 1.80. The molecule has 2 aromatic rings. The van der Waals surface area contributed by atoms with Crippen LogP contribution in [0.3, 0.4) is 0 Å². The van der Waals surface area contributed by atoms with Gasteiger partial charge in [0.2, 0.25) is 0 Å². The fourth-order valence-corrected chi connectivity index (χ4v) is 4.06. The van der Waals surface area contributed by atoms with Crippen LogP contribution in [0.1, 0.15) is 25.0 Å². The Kier molecular flexibility index (Phi) is 6.06. The lowest BCUT2D eigenvalue weighted by Gasteiger charge is -2.09. The van der Waals surface area contributed by atoms with Gasteiger partial charge in [-0.05, 0) is 24.0 Å². The summed E-state index contributed by atoms with van der Waals surface area (Å²) >= 11 is 4.62. The number of hydrogen-bond donors (Lipinski definition) is 1. The molecule has 21 heavy (non-hydrogen) atoms. The Morgan fingerprint density at radius 2 is 2.10 bits per heavy atom. The molecule has 0 spiro atoms. The van der Waals surface area contributed by atoms with E-state index in [-0.39, 0.29) is 0 Å². The highest BCUT2D eigenvalue weighted by atomic mass is 32.2. The lowest BCUT2D eigenvalue weighted by molar-refractivity contribution is 0.588. The van der Waals surface area contributed by atoms with Crippen LogP contribution in [-0.2, 0) is 6.54 Å². The number of benzene rings is 1. The van der Waals surface area contributed by atoms with Crippen LogP contribution in [0, 0.1) is 11.3 Å². The van der Waals surface area contributed by atoms with Gasteiger partial charge in [-0.3, -0.25) is 0 Å². The van der Waals surface area contributed by atoms with E-state index in [9.17, 15) is 5.26 Å². The van der Waals surface area contributed by atoms with Gasteiger partial charge >= 0.3 is 0 Å². The monoisotopic (exact) mass is 336 g/mol. The van der Waals surface area contributed by atoms with Crippen molar-refractivity contribution in [3.05, 3.63) is 29.3 Å². The first-order valence-electron chi connectivity index (χ1n) is 6.44. The Morgan fingerprint density at radius 1 is 1.33 bits per heavy atom. The van der Waals surface area contributed by atoms with Gasteiger partial charge in [0.25, 0.3) is 0 Å². The average Bonchev–Trinajstić information content (AvgIpc) is 2.93. The van der Waals surface area contributed by atoms with Crippen molar-refractivity contribution in [2.45, 2.75) is 40.0 Å². The summed E-state index contributed by atoms with van der Waals surface area (Å²) in [6.07, 6.45) is 1.98. The fraction of sp³-hybridized carbons (Fsp3) is 0.357. The highest BCUT2D eigenvalue weighted by Crippen LogP contribution is 2.34. The van der Waals surface area contributed by atoms with Crippen LogP contribution in [0.25, 0.3) is 0 Å². The van der Waals surface area contributed by atoms with Gasteiger partial charge in [0, 0.05) is 17.5 Å². The Hall–Kier alpha value is -1.07. The topological polar surface area (TPSA) is 61.6 Å². The van der Waals surface area contributed by atoms with E-state index in [1.165, 1.54) is 11.8 Å². The van der Waals surface area contributed by atoms with Gasteiger partial charge in [-0.1, -0.05) is 54.8 Å². The molecular weight excluding hydrogens is 320 g/mol. The summed E-state index contributed by atoms with van der Waals surface area (Å²) in [4.78, 5) is 0.926. The Balaban J connectivity index is 2.14. The van der Waals surface area contributed by atoms with Crippen molar-refractivity contribution in [3.63, 3.8) is 0 Å². The summed E-state index contributed by atoms with van der Waals surface area (Å²) in [6.45, 7) is 4.98. The molecule has 2 rings (SSSR count). The van der Waals surface area contributed by atoms with Crippen LogP contribution >= 0.6 is 34.9 Å². The van der Waals surface area contributed by atoms with Gasteiger partial charge in [-0.15, -0.1) is 10.2 Å². The second-order valence-electron chi connectivity index (χ2n) is 4.62. The highest BCUT2D eigenvalue weighted by molar-refractivity contribution is 8.03. The number of nitrogens with one attached hydrogen (secondary N) is 1. The van der Waals surface area contributed by atoms with Crippen LogP contribution in [0.5, 0.6) is 0 Å². The van der Waals surface area contributed by atoms with Crippen LogP contribution < -0.4 is 5.32 Å². The summed E-state index contributed by atoms with van der Waals surface area (Å²) in [6, 6.07) is 8.67. The first kappa shape index (κ1) is 16.3. The van der Waals surface area contributed by atoms with Crippen LogP contribution in [0.2, 0.25) is 0 Å². The van der Waals surface area contributed by atoms with Crippen molar-refractivity contribution < 1.29 is 0 Å². The first-order chi connectivity index (χ1) is 10.1. The molecule has 0 atom stereocenters. The van der Waals surface area contributed by atoms with E-state index in [1.807, 2.05) is 18.4 Å². The molecule has 0 amide bonds. The van der Waals surface area contributed by atoms with Crippen molar-refractivity contribution in [1.29, 1.82) is 5.26 Å². The standard InChI is InChI=1S/C14H16N4S3/c1-9(2)16-8-10-4-5-12(11(6-10)7-15)20-14-18-17-13(19-3)21-14/h4-6,9,16H,8H2,1-3H3. The lowest BCUT2D eigenvalue weighted by Crippen LogP contribution is -2.21. The lowest BCUT2D eigenvalue weighted by atomic mass is 10.1. The average molecular weight is 337 g/mol. The third-order valence-electron chi connectivity index (χ3n) is 2.64. The molecule has 0 saturated heterocycles. The maximum absolute atomic E-state index is 9.33. The first-order valence-corrected chi connectivity index (χ1v) is 9.30. The number of nitriles is 1. The minimum Gasteiger partial charge on any atom is -0.310 e. The fourth-order valence-electron chi connectivity index (χ4n) is 1.60. The van der Waals surface area contributed by atoms with Crippen molar-refractivity contribution in [3.8, 4) is 6.07 Å². The molecule has 7 heteroatoms. The summed E-state index contributed by atoms with van der Waals surface area (Å²) < 4.78 is 1.80. The van der Waals surface area contributed by atoms with Crippen LogP contribution in [-0.4, -0.2) is 22.5 Å². The van der Waals surface area contributed by atoms with Gasteiger partial charge in [0.05, 0.1) is 5.56 Å². The Labute approximate surface area is 137 Å². The van der Waals surface area contributed by atoms with Gasteiger partial charge in [0.15, 0.2) is 8.68 Å². The van der Waals surface area contributed by atoms with E-state index in [0.717, 1.165) is 25.7 Å². The second kappa shape index (κ2) is 7.80. The predicted octanol–water partition coefficient (Wildman–Crippen LogP) is 3.78. The molecule has 0 aliphatic rings. The quantitative estimate of drug-likeness (QED) is 0.810. The van der Waals surface area contributed by atoms with E-state index in [2.05, 4.69) is 41.5 Å². The summed E-state index contributed by atoms with van der Waals surface area (Å²) in [5, 5.41) is 20.9. The minimum atomic E-state index is 0.427. The number of hydrogen-bond acceptors (Lipinski definition) is 7. The maximum atomic E-state index is 9.33. The second-order valence-corrected chi connectivity index (χ2v) is 7.94. The molecule has 0 radical (unpaired) electrons. The van der Waals surface area contributed by atoms with E-state index in [0.29, 0.717) is 11.6 Å². The zero-order chi connectivity index (χ0) is 15.2. The zero-order valence-electron chi connectivity index (χ0n) is 12.1.